The number of thiazole rings is 2. The van der Waals surface area contributed by atoms with Crippen LogP contribution in [-0.4, -0.2) is 88.1 Å². The Balaban J connectivity index is 1.48. The molecule has 4 heterocycles. The zero-order chi connectivity index (χ0) is 36.1. The van der Waals surface area contributed by atoms with Crippen LogP contribution < -0.4 is 10.6 Å². The van der Waals surface area contributed by atoms with Gasteiger partial charge in [-0.2, -0.15) is 0 Å². The van der Waals surface area contributed by atoms with Crippen molar-refractivity contribution in [3.63, 3.8) is 0 Å². The van der Waals surface area contributed by atoms with Crippen LogP contribution in [0.5, 0.6) is 0 Å². The number of oxime groups is 1. The van der Waals surface area contributed by atoms with Crippen molar-refractivity contribution < 1.29 is 43.0 Å². The normalized spacial score (nSPS) is 18.1. The summed E-state index contributed by atoms with van der Waals surface area (Å²) in [5.74, 6) is -2.81. The zero-order valence-electron chi connectivity index (χ0n) is 28.3. The monoisotopic (exact) mass is 734 g/mol. The van der Waals surface area contributed by atoms with Crippen molar-refractivity contribution in [3.8, 4) is 0 Å². The van der Waals surface area contributed by atoms with Crippen molar-refractivity contribution in [1.29, 1.82) is 0 Å². The molecule has 0 unspecified atom stereocenters. The van der Waals surface area contributed by atoms with E-state index in [1.54, 1.807) is 64.6 Å². The number of rotatable bonds is 12. The number of aromatic nitrogens is 2. The highest BCUT2D eigenvalue weighted by molar-refractivity contribution is 8.00. The molecule has 264 valence electrons. The number of hydrogen-bond donors (Lipinski definition) is 2. The van der Waals surface area contributed by atoms with Crippen molar-refractivity contribution in [3.05, 3.63) is 44.5 Å². The number of β-lactam (4-membered cyclic amide) rings is 1. The number of fused-ring (bicyclic) bond motifs is 1. The summed E-state index contributed by atoms with van der Waals surface area (Å²) in [7, 11) is 1.27. The SMILES string of the molecule is CO/N=C(\C(=O)N[C@@H]1C(=O)N2C(C(=O)OCOC(=O)C(C)(C)C)=C(/C=C\c3ncsc3C)CS[C@H]12)c1csc(NCOC(=O)C(C)(C)C)n1. The molecule has 2 aliphatic rings. The number of nitrogens with zero attached hydrogens (tertiary/aromatic N) is 4. The van der Waals surface area contributed by atoms with Gasteiger partial charge >= 0.3 is 17.9 Å². The number of ether oxygens (including phenoxy) is 3. The third-order valence-electron chi connectivity index (χ3n) is 6.88. The Bertz CT molecular complexity index is 1700. The Labute approximate surface area is 295 Å². The Morgan fingerprint density at radius 2 is 1.73 bits per heavy atom. The van der Waals surface area contributed by atoms with E-state index in [0.717, 1.165) is 16.2 Å². The van der Waals surface area contributed by atoms with Crippen molar-refractivity contribution in [2.24, 2.45) is 16.0 Å². The van der Waals surface area contributed by atoms with Crippen LogP contribution in [0.25, 0.3) is 6.08 Å². The van der Waals surface area contributed by atoms with E-state index in [-0.39, 0.29) is 23.8 Å². The summed E-state index contributed by atoms with van der Waals surface area (Å²) in [6.07, 6.45) is 3.45. The molecular weight excluding hydrogens is 697 g/mol. The molecule has 2 aliphatic heterocycles. The molecule has 0 saturated carbocycles. The standard InChI is InChI=1S/C31H38N6O9S3/c1-16-18(33-14-49-16)10-9-17-11-47-25-21(24(39)37(25)22(17)26(40)45-15-46-28(42)31(5,6)7)35-23(38)20(36-43-8)19-12-48-29(34-19)32-13-44-27(41)30(2,3)4/h9-10,12,14,21,25H,11,13,15H2,1-8H3,(H,32,34)(H,35,38)/b10-9-,36-20-/t21-,25-/m1/s1. The van der Waals surface area contributed by atoms with Crippen LogP contribution in [0, 0.1) is 17.8 Å². The first-order valence-electron chi connectivity index (χ1n) is 14.9. The van der Waals surface area contributed by atoms with Gasteiger partial charge < -0.3 is 29.7 Å². The average molecular weight is 735 g/mol. The highest BCUT2D eigenvalue weighted by Gasteiger charge is 2.54. The quantitative estimate of drug-likeness (QED) is 0.106. The molecule has 2 aromatic rings. The largest absolute Gasteiger partial charge is 0.444 e. The highest BCUT2D eigenvalue weighted by atomic mass is 32.2. The van der Waals surface area contributed by atoms with E-state index < -0.39 is 58.8 Å². The number of thioether (sulfide) groups is 1. The summed E-state index contributed by atoms with van der Waals surface area (Å²) in [4.78, 5) is 80.4. The second kappa shape index (κ2) is 15.5. The van der Waals surface area contributed by atoms with Gasteiger partial charge in [-0.15, -0.1) is 34.4 Å². The van der Waals surface area contributed by atoms with Crippen molar-refractivity contribution in [1.82, 2.24) is 20.2 Å². The minimum absolute atomic E-state index is 0.0247. The second-order valence-corrected chi connectivity index (χ2v) is 15.8. The van der Waals surface area contributed by atoms with E-state index in [1.807, 2.05) is 6.92 Å². The van der Waals surface area contributed by atoms with E-state index in [1.165, 1.54) is 35.1 Å². The lowest BCUT2D eigenvalue weighted by molar-refractivity contribution is -0.173. The fourth-order valence-electron chi connectivity index (χ4n) is 4.18. The number of nitrogens with one attached hydrogen (secondary N) is 2. The number of esters is 3. The van der Waals surface area contributed by atoms with Gasteiger partial charge in [0.15, 0.2) is 17.6 Å². The summed E-state index contributed by atoms with van der Waals surface area (Å²) in [6, 6.07) is -1.01. The third kappa shape index (κ3) is 9.04. The first-order chi connectivity index (χ1) is 23.0. The summed E-state index contributed by atoms with van der Waals surface area (Å²) in [6.45, 7) is 11.3. The predicted octanol–water partition coefficient (Wildman–Crippen LogP) is 3.67. The van der Waals surface area contributed by atoms with Crippen LogP contribution in [-0.2, 0) is 43.0 Å². The molecule has 2 N–H and O–H groups in total. The minimum Gasteiger partial charge on any atom is -0.444 e. The van der Waals surface area contributed by atoms with Gasteiger partial charge in [0.2, 0.25) is 6.79 Å². The van der Waals surface area contributed by atoms with Crippen molar-refractivity contribution >= 4 is 81.1 Å². The summed E-state index contributed by atoms with van der Waals surface area (Å²) >= 11 is 3.96. The van der Waals surface area contributed by atoms with Gasteiger partial charge in [0.1, 0.15) is 29.9 Å². The van der Waals surface area contributed by atoms with E-state index in [9.17, 15) is 24.0 Å². The molecule has 0 spiro atoms. The molecule has 2 amide bonds. The molecule has 0 aromatic carbocycles. The topological polar surface area (TPSA) is 188 Å². The average Bonchev–Trinajstić information content (AvgIpc) is 3.68. The van der Waals surface area contributed by atoms with Gasteiger partial charge in [0.25, 0.3) is 11.8 Å². The van der Waals surface area contributed by atoms with Gasteiger partial charge in [0.05, 0.1) is 22.0 Å². The maximum absolute atomic E-state index is 13.6. The second-order valence-electron chi connectivity index (χ2n) is 12.8. The number of hydrogen-bond acceptors (Lipinski definition) is 16. The number of amides is 2. The van der Waals surface area contributed by atoms with Crippen LogP contribution in [0.15, 0.2) is 33.4 Å². The molecule has 18 heteroatoms. The highest BCUT2D eigenvalue weighted by Crippen LogP contribution is 2.41. The summed E-state index contributed by atoms with van der Waals surface area (Å²) in [5, 5.41) is 10.6. The molecular formula is C31H38N6O9S3. The minimum atomic E-state index is -1.01. The lowest BCUT2D eigenvalue weighted by atomic mass is 9.97. The van der Waals surface area contributed by atoms with E-state index >= 15 is 0 Å². The first-order valence-corrected chi connectivity index (χ1v) is 17.7. The molecule has 2 aromatic heterocycles. The van der Waals surface area contributed by atoms with Crippen LogP contribution in [0.1, 0.15) is 57.8 Å². The van der Waals surface area contributed by atoms with Gasteiger partial charge in [0, 0.05) is 16.0 Å². The van der Waals surface area contributed by atoms with Gasteiger partial charge in [-0.3, -0.25) is 24.1 Å². The lowest BCUT2D eigenvalue weighted by Gasteiger charge is -2.49. The fourth-order valence-corrected chi connectivity index (χ4v) is 6.75. The molecule has 4 rings (SSSR count). The van der Waals surface area contributed by atoms with Crippen LogP contribution in [0.2, 0.25) is 0 Å². The number of anilines is 1. The summed E-state index contributed by atoms with van der Waals surface area (Å²) in [5.41, 5.74) is 1.38. The van der Waals surface area contributed by atoms with Crippen LogP contribution >= 0.6 is 34.4 Å². The molecule has 0 radical (unpaired) electrons. The Kier molecular flexibility index (Phi) is 11.9. The van der Waals surface area contributed by atoms with Gasteiger partial charge in [-0.05, 0) is 60.1 Å². The lowest BCUT2D eigenvalue weighted by Crippen LogP contribution is -2.71. The fraction of sp³-hybridized carbons (Fsp3) is 0.484. The van der Waals surface area contributed by atoms with Gasteiger partial charge in [-0.1, -0.05) is 11.2 Å². The van der Waals surface area contributed by atoms with Crippen molar-refractivity contribution in [2.45, 2.75) is 59.9 Å². The molecule has 1 fully saturated rings. The van der Waals surface area contributed by atoms with Crippen LogP contribution in [0.4, 0.5) is 5.13 Å². The molecule has 0 aliphatic carbocycles. The Hall–Kier alpha value is -4.29. The van der Waals surface area contributed by atoms with E-state index in [0.29, 0.717) is 22.2 Å². The Morgan fingerprint density at radius 1 is 1.04 bits per heavy atom. The van der Waals surface area contributed by atoms with Crippen LogP contribution in [0.3, 0.4) is 0 Å². The van der Waals surface area contributed by atoms with E-state index in [4.69, 9.17) is 19.0 Å². The van der Waals surface area contributed by atoms with E-state index in [2.05, 4.69) is 25.8 Å². The maximum atomic E-state index is 13.6. The summed E-state index contributed by atoms with van der Waals surface area (Å²) < 4.78 is 15.6. The molecule has 0 bridgehead atoms. The Morgan fingerprint density at radius 3 is 2.37 bits per heavy atom. The zero-order valence-corrected chi connectivity index (χ0v) is 30.7. The molecule has 15 nitrogen and oxygen atoms in total. The molecule has 49 heavy (non-hydrogen) atoms. The molecule has 1 saturated heterocycles. The number of carbonyl (C=O) groups excluding carboxylic acids is 5. The van der Waals surface area contributed by atoms with Gasteiger partial charge in [-0.25, -0.2) is 14.8 Å². The maximum Gasteiger partial charge on any atom is 0.358 e. The van der Waals surface area contributed by atoms with Crippen molar-refractivity contribution in [2.75, 3.05) is 31.7 Å². The first kappa shape index (κ1) is 37.5. The smallest absolute Gasteiger partial charge is 0.358 e. The number of carbonyl (C=O) groups is 5. The molecule has 2 atom stereocenters. The number of aryl methyl sites for hydroxylation is 1. The predicted molar refractivity (Wildman–Crippen MR) is 184 cm³/mol. The third-order valence-corrected chi connectivity index (χ3v) is 9.75. The number of allylic oxidation sites excluding steroid dienone is 1.